The molecular formula is C10H16N4O. The summed E-state index contributed by atoms with van der Waals surface area (Å²) in [5.41, 5.74) is -0.152. The van der Waals surface area contributed by atoms with Crippen molar-refractivity contribution in [1.82, 2.24) is 15.3 Å². The van der Waals surface area contributed by atoms with Gasteiger partial charge in [-0.2, -0.15) is 0 Å². The third kappa shape index (κ3) is 2.79. The Bertz CT molecular complexity index is 356. The van der Waals surface area contributed by atoms with E-state index in [0.717, 1.165) is 19.6 Å². The summed E-state index contributed by atoms with van der Waals surface area (Å²) in [5.74, 6) is 1.02. The lowest BCUT2D eigenvalue weighted by molar-refractivity contribution is 0.392. The van der Waals surface area contributed by atoms with Gasteiger partial charge >= 0.3 is 0 Å². The van der Waals surface area contributed by atoms with E-state index in [1.54, 1.807) is 6.20 Å². The molecule has 82 valence electrons. The van der Waals surface area contributed by atoms with Crippen molar-refractivity contribution in [3.8, 4) is 0 Å². The van der Waals surface area contributed by atoms with E-state index in [9.17, 15) is 4.79 Å². The van der Waals surface area contributed by atoms with Crippen LogP contribution >= 0.6 is 0 Å². The smallest absolute Gasteiger partial charge is 0.290 e. The normalized spacial score (nSPS) is 21.2. The van der Waals surface area contributed by atoms with E-state index in [1.165, 1.54) is 19.0 Å². The van der Waals surface area contributed by atoms with Crippen LogP contribution in [0.15, 0.2) is 17.2 Å². The summed E-state index contributed by atoms with van der Waals surface area (Å²) in [6.45, 7) is 2.95. The minimum Gasteiger partial charge on any atom is -0.365 e. The van der Waals surface area contributed by atoms with Gasteiger partial charge in [0.15, 0.2) is 5.82 Å². The number of nitrogens with one attached hydrogen (secondary N) is 3. The van der Waals surface area contributed by atoms with Crippen LogP contribution in [-0.2, 0) is 0 Å². The zero-order chi connectivity index (χ0) is 10.5. The molecule has 3 N–H and O–H groups in total. The van der Waals surface area contributed by atoms with Crippen molar-refractivity contribution in [3.63, 3.8) is 0 Å². The van der Waals surface area contributed by atoms with Gasteiger partial charge in [-0.05, 0) is 31.8 Å². The van der Waals surface area contributed by atoms with Crippen LogP contribution in [0.25, 0.3) is 0 Å². The zero-order valence-electron chi connectivity index (χ0n) is 8.62. The lowest BCUT2D eigenvalue weighted by Crippen LogP contribution is -2.34. The number of hydrogen-bond donors (Lipinski definition) is 3. The molecule has 15 heavy (non-hydrogen) atoms. The molecule has 1 aliphatic rings. The van der Waals surface area contributed by atoms with Crippen molar-refractivity contribution in [2.24, 2.45) is 5.92 Å². The summed E-state index contributed by atoms with van der Waals surface area (Å²) < 4.78 is 0. The number of hydrogen-bond acceptors (Lipinski definition) is 4. The molecule has 2 heterocycles. The number of aromatic nitrogens is 2. The van der Waals surface area contributed by atoms with Gasteiger partial charge in [0.2, 0.25) is 0 Å². The fraction of sp³-hybridized carbons (Fsp3) is 0.600. The van der Waals surface area contributed by atoms with Crippen molar-refractivity contribution in [3.05, 3.63) is 22.7 Å². The van der Waals surface area contributed by atoms with Gasteiger partial charge in [0.25, 0.3) is 5.56 Å². The second-order valence-electron chi connectivity index (χ2n) is 3.86. The van der Waals surface area contributed by atoms with Crippen molar-refractivity contribution in [1.29, 1.82) is 0 Å². The Labute approximate surface area is 88.3 Å². The van der Waals surface area contributed by atoms with E-state index in [-0.39, 0.29) is 5.56 Å². The Morgan fingerprint density at radius 3 is 3.27 bits per heavy atom. The van der Waals surface area contributed by atoms with Crippen LogP contribution in [-0.4, -0.2) is 29.6 Å². The van der Waals surface area contributed by atoms with Crippen LogP contribution in [0.3, 0.4) is 0 Å². The van der Waals surface area contributed by atoms with Gasteiger partial charge in [-0.3, -0.25) is 4.79 Å². The van der Waals surface area contributed by atoms with Gasteiger partial charge in [-0.1, -0.05) is 0 Å². The topological polar surface area (TPSA) is 69.8 Å². The molecule has 1 fully saturated rings. The van der Waals surface area contributed by atoms with E-state index in [2.05, 4.69) is 20.6 Å². The molecule has 1 saturated heterocycles. The molecule has 0 radical (unpaired) electrons. The van der Waals surface area contributed by atoms with Crippen molar-refractivity contribution < 1.29 is 0 Å². The van der Waals surface area contributed by atoms with Crippen LogP contribution in [0.5, 0.6) is 0 Å². The van der Waals surface area contributed by atoms with Crippen LogP contribution in [0.2, 0.25) is 0 Å². The fourth-order valence-electron chi connectivity index (χ4n) is 1.82. The molecule has 1 aromatic rings. The summed E-state index contributed by atoms with van der Waals surface area (Å²) in [6, 6.07) is 0. The molecule has 0 aromatic carbocycles. The molecule has 5 nitrogen and oxygen atoms in total. The summed E-state index contributed by atoms with van der Waals surface area (Å²) in [4.78, 5) is 17.9. The van der Waals surface area contributed by atoms with E-state index in [1.807, 2.05) is 0 Å². The zero-order valence-corrected chi connectivity index (χ0v) is 8.62. The highest BCUT2D eigenvalue weighted by molar-refractivity contribution is 5.29. The molecule has 0 bridgehead atoms. The van der Waals surface area contributed by atoms with E-state index < -0.39 is 0 Å². The number of nitrogens with zero attached hydrogens (tertiary/aromatic N) is 1. The van der Waals surface area contributed by atoms with E-state index in [4.69, 9.17) is 0 Å². The number of anilines is 1. The number of H-pyrrole nitrogens is 1. The summed E-state index contributed by atoms with van der Waals surface area (Å²) in [6.07, 6.45) is 5.55. The molecule has 0 amide bonds. The first-order valence-electron chi connectivity index (χ1n) is 5.34. The summed E-state index contributed by atoms with van der Waals surface area (Å²) in [5, 5.41) is 6.43. The van der Waals surface area contributed by atoms with Gasteiger partial charge < -0.3 is 15.6 Å². The van der Waals surface area contributed by atoms with E-state index >= 15 is 0 Å². The first-order valence-corrected chi connectivity index (χ1v) is 5.34. The molecule has 2 rings (SSSR count). The summed E-state index contributed by atoms with van der Waals surface area (Å²) in [7, 11) is 0. The molecule has 1 atom stereocenters. The van der Waals surface area contributed by atoms with Crippen molar-refractivity contribution in [2.75, 3.05) is 25.0 Å². The van der Waals surface area contributed by atoms with Gasteiger partial charge in [0.1, 0.15) is 0 Å². The van der Waals surface area contributed by atoms with Gasteiger partial charge in [-0.25, -0.2) is 4.98 Å². The third-order valence-electron chi connectivity index (χ3n) is 2.66. The van der Waals surface area contributed by atoms with Crippen molar-refractivity contribution >= 4 is 5.82 Å². The highest BCUT2D eigenvalue weighted by Gasteiger charge is 2.12. The second kappa shape index (κ2) is 4.93. The monoisotopic (exact) mass is 208 g/mol. The molecule has 5 heteroatoms. The largest absolute Gasteiger partial charge is 0.365 e. The van der Waals surface area contributed by atoms with Crippen molar-refractivity contribution in [2.45, 2.75) is 12.8 Å². The molecule has 0 saturated carbocycles. The molecule has 0 spiro atoms. The minimum atomic E-state index is -0.152. The highest BCUT2D eigenvalue weighted by Crippen LogP contribution is 2.09. The van der Waals surface area contributed by atoms with Gasteiger partial charge in [0.05, 0.1) is 0 Å². The highest BCUT2D eigenvalue weighted by atomic mass is 16.1. The number of aromatic amines is 1. The Hall–Kier alpha value is -1.36. The SMILES string of the molecule is O=c1[nH]ccnc1NCC1CCCNC1. The number of piperidine rings is 1. The Balaban J connectivity index is 1.87. The van der Waals surface area contributed by atoms with Crippen LogP contribution in [0.4, 0.5) is 5.82 Å². The van der Waals surface area contributed by atoms with Crippen LogP contribution < -0.4 is 16.2 Å². The first-order chi connectivity index (χ1) is 7.36. The predicted molar refractivity (Wildman–Crippen MR) is 58.9 cm³/mol. The minimum absolute atomic E-state index is 0.152. The quantitative estimate of drug-likeness (QED) is 0.663. The third-order valence-corrected chi connectivity index (χ3v) is 2.66. The Morgan fingerprint density at radius 2 is 2.53 bits per heavy atom. The fourth-order valence-corrected chi connectivity index (χ4v) is 1.82. The maximum absolute atomic E-state index is 11.3. The molecular weight excluding hydrogens is 192 g/mol. The number of rotatable bonds is 3. The van der Waals surface area contributed by atoms with Crippen LogP contribution in [0.1, 0.15) is 12.8 Å². The Kier molecular flexibility index (Phi) is 3.34. The first kappa shape index (κ1) is 10.2. The van der Waals surface area contributed by atoms with Gasteiger partial charge in [-0.15, -0.1) is 0 Å². The average Bonchev–Trinajstić information content (AvgIpc) is 2.29. The average molecular weight is 208 g/mol. The predicted octanol–water partition coefficient (Wildman–Crippen LogP) is 0.181. The van der Waals surface area contributed by atoms with E-state index in [0.29, 0.717) is 11.7 Å². The lowest BCUT2D eigenvalue weighted by Gasteiger charge is -2.22. The molecule has 1 aliphatic heterocycles. The maximum atomic E-state index is 11.3. The molecule has 0 aliphatic carbocycles. The van der Waals surface area contributed by atoms with Crippen LogP contribution in [0, 0.1) is 5.92 Å². The summed E-state index contributed by atoms with van der Waals surface area (Å²) >= 11 is 0. The Morgan fingerprint density at radius 1 is 1.60 bits per heavy atom. The maximum Gasteiger partial charge on any atom is 0.290 e. The molecule has 1 aromatic heterocycles. The molecule has 1 unspecified atom stereocenters. The van der Waals surface area contributed by atoms with Gasteiger partial charge in [0, 0.05) is 18.9 Å². The standard InChI is InChI=1S/C10H16N4O/c15-10-9(12-4-5-13-10)14-7-8-2-1-3-11-6-8/h4-5,8,11H,1-3,6-7H2,(H,12,14)(H,13,15). The second-order valence-corrected chi connectivity index (χ2v) is 3.86. The lowest BCUT2D eigenvalue weighted by atomic mass is 10.00.